The number of fused-ring (bicyclic) bond motifs is 3. The number of nitrogen functional groups attached to an aromatic ring is 1. The number of nitrogens with one attached hydrogen (secondary N) is 1. The number of anilines is 2. The molecule has 12 atom stereocenters. The number of carboxylic acids is 1. The van der Waals surface area contributed by atoms with E-state index >= 15 is 0 Å². The minimum atomic E-state index is -1.04. The van der Waals surface area contributed by atoms with Crippen molar-refractivity contribution in [3.63, 3.8) is 0 Å². The fraction of sp³-hybridized carbons (Fsp3) is 0.670. The quantitative estimate of drug-likeness (QED) is 0.0197. The summed E-state index contributed by atoms with van der Waals surface area (Å²) in [5.41, 5.74) is 1.32. The van der Waals surface area contributed by atoms with Crippen LogP contribution in [0.5, 0.6) is 0 Å². The predicted octanol–water partition coefficient (Wildman–Crippen LogP) is 11.4. The van der Waals surface area contributed by atoms with Gasteiger partial charge in [0.2, 0.25) is 5.91 Å². The molecule has 3 saturated heterocycles. The van der Waals surface area contributed by atoms with Gasteiger partial charge in [-0.3, -0.25) is 39.0 Å². The Hall–Kier alpha value is -7.25. The number of rotatable bonds is 12. The first-order chi connectivity index (χ1) is 57.7. The van der Waals surface area contributed by atoms with E-state index in [9.17, 15) is 77.6 Å². The second-order valence-electron chi connectivity index (χ2n) is 36.3. The molecule has 0 bridgehead atoms. The fourth-order valence-corrected chi connectivity index (χ4v) is 14.4. The maximum Gasteiger partial charge on any atom is 1.00 e. The van der Waals surface area contributed by atoms with Gasteiger partial charge in [0.25, 0.3) is 0 Å². The normalized spacial score (nSPS) is 23.0. The van der Waals surface area contributed by atoms with Gasteiger partial charge in [0.1, 0.15) is 97.0 Å². The van der Waals surface area contributed by atoms with Gasteiger partial charge in [-0.05, 0) is 231 Å². The fourth-order valence-electron chi connectivity index (χ4n) is 13.7. The second-order valence-corrected chi connectivity index (χ2v) is 42.4. The number of nitrogens with zero attached hydrogens (tertiary/aromatic N) is 8. The number of aliphatic hydroxyl groups is 4. The Bertz CT molecular complexity index is 4260. The van der Waals surface area contributed by atoms with Gasteiger partial charge >= 0.3 is 96.0 Å². The monoisotopic (exact) mass is 2230 g/mol. The van der Waals surface area contributed by atoms with Gasteiger partial charge in [0.05, 0.1) is 57.3 Å². The van der Waals surface area contributed by atoms with Crippen molar-refractivity contribution in [1.82, 2.24) is 39.4 Å². The van der Waals surface area contributed by atoms with Gasteiger partial charge < -0.3 is 85.4 Å². The van der Waals surface area contributed by atoms with E-state index in [0.717, 1.165) is 15.9 Å². The molecule has 6 aliphatic heterocycles. The Labute approximate surface area is 847 Å². The molecule has 745 valence electrons. The molecule has 38 nitrogen and oxygen atoms in total. The Morgan fingerprint density at radius 2 is 0.795 bits per heavy atom. The number of aldehydes is 1. The number of carbonyl (C=O) groups is 13. The average Bonchev–Trinajstić information content (AvgIpc) is 1.55. The van der Waals surface area contributed by atoms with Crippen molar-refractivity contribution in [2.75, 3.05) is 68.4 Å². The maximum absolute atomic E-state index is 12.7. The molecule has 0 spiro atoms. The molecular formula is C88H143BBr2I2N10NaO28. The van der Waals surface area contributed by atoms with Crippen molar-refractivity contribution in [3.8, 4) is 0 Å². The number of halogens is 4. The summed E-state index contributed by atoms with van der Waals surface area (Å²) in [7, 11) is 5.08. The largest absolute Gasteiger partial charge is 1.00 e. The molecule has 8 N–H and O–H groups in total. The van der Waals surface area contributed by atoms with Gasteiger partial charge in [0.15, 0.2) is 0 Å². The SMILES string of the molecule is C.C.C.C.C.CC(C)(C)OC(=O)N1C2CC2(CO)C[C@H]1C(=O)Nc1cccc(Br)n1.CC(C)(C)OC(=O)N1C2CC2(CO)C[C@H]1C(=O)O.COC(=O)[C@@H]1CC(C=O)=CN1C(=O)OC(C)(C)C.COC(=O)[C@@H]1CC(CO)=CN1C(=O)OC(C)(C)C.COC(=O)[C@@H]1CC2(CO)CC2N1C(=O)OC(C)(C)C.COC(=O)[C@@H]1CC=CN1C(=O)OC(C)(C)C.ICI.Nc1cccc(Br)n1.[B].[H-].[Na+]. The van der Waals surface area contributed by atoms with E-state index in [1.165, 1.54) is 67.8 Å². The molecule has 6 fully saturated rings. The molecule has 8 heterocycles. The number of aliphatic carboxylic acids is 1. The van der Waals surface area contributed by atoms with Crippen LogP contribution < -0.4 is 40.6 Å². The van der Waals surface area contributed by atoms with Crippen LogP contribution in [-0.4, -0.2) is 297 Å². The maximum atomic E-state index is 12.7. The van der Waals surface area contributed by atoms with Gasteiger partial charge in [-0.1, -0.05) is 101 Å². The zero-order valence-electron chi connectivity index (χ0n) is 77.3. The van der Waals surface area contributed by atoms with E-state index in [2.05, 4.69) is 107 Å². The van der Waals surface area contributed by atoms with Crippen molar-refractivity contribution in [2.45, 2.75) is 308 Å². The van der Waals surface area contributed by atoms with E-state index in [1.54, 1.807) is 161 Å². The number of likely N-dealkylation sites (tertiary alicyclic amines) is 3. The molecule has 6 unspecified atom stereocenters. The molecule has 132 heavy (non-hydrogen) atoms. The Balaban J connectivity index is -0.000000478. The second kappa shape index (κ2) is 55.2. The van der Waals surface area contributed by atoms with E-state index < -0.39 is 142 Å². The summed E-state index contributed by atoms with van der Waals surface area (Å²) in [6.07, 6.45) is 7.33. The van der Waals surface area contributed by atoms with Gasteiger partial charge in [0, 0.05) is 79.8 Å². The predicted molar refractivity (Wildman–Crippen MR) is 517 cm³/mol. The third-order valence-corrected chi connectivity index (χ3v) is 20.4. The first-order valence-electron chi connectivity index (χ1n) is 39.7. The number of carboxylic acid groups (broad SMARTS) is 1. The molecule has 44 heteroatoms. The average molecular weight is 2240 g/mol. The molecule has 11 rings (SSSR count). The number of methoxy groups -OCH3 is 4. The van der Waals surface area contributed by atoms with Crippen molar-refractivity contribution < 1.29 is 166 Å². The number of ether oxygens (including phenoxy) is 10. The zero-order valence-corrected chi connectivity index (χ0v) is 85.8. The Kier molecular flexibility index (Phi) is 54.8. The van der Waals surface area contributed by atoms with Crippen LogP contribution in [0.25, 0.3) is 0 Å². The van der Waals surface area contributed by atoms with Crippen molar-refractivity contribution >= 4 is 176 Å². The van der Waals surface area contributed by atoms with Crippen LogP contribution in [0.1, 0.15) is 221 Å². The van der Waals surface area contributed by atoms with Gasteiger partial charge in [-0.15, -0.1) is 0 Å². The third-order valence-electron chi connectivity index (χ3n) is 19.5. The number of aliphatic hydroxyl groups excluding tert-OH is 4. The zero-order chi connectivity index (χ0) is 95.4. The summed E-state index contributed by atoms with van der Waals surface area (Å²) in [6, 6.07) is 5.75. The van der Waals surface area contributed by atoms with E-state index in [0.29, 0.717) is 72.2 Å². The molecule has 3 aliphatic carbocycles. The molecule has 2 aromatic heterocycles. The molecular weight excluding hydrogens is 2090 g/mol. The summed E-state index contributed by atoms with van der Waals surface area (Å²) in [5, 5.41) is 49.4. The summed E-state index contributed by atoms with van der Waals surface area (Å²) in [6.45, 7) is 31.3. The molecule has 9 aliphatic rings. The summed E-state index contributed by atoms with van der Waals surface area (Å²) >= 11 is 11.0. The number of pyridine rings is 2. The molecule has 3 radical (unpaired) electrons. The van der Waals surface area contributed by atoms with E-state index in [4.69, 9.17) is 49.1 Å². The number of hydrogen-bond donors (Lipinski definition) is 7. The number of piperidine rings is 3. The number of aromatic nitrogens is 2. The van der Waals surface area contributed by atoms with Crippen LogP contribution in [0.3, 0.4) is 0 Å². The smallest absolute Gasteiger partial charge is 1.00 e. The summed E-state index contributed by atoms with van der Waals surface area (Å²) in [5.74, 6) is -2.41. The van der Waals surface area contributed by atoms with E-state index in [1.807, 2.05) is 12.1 Å². The topological polar surface area (TPSA) is 499 Å². The number of alkyl halides is 2. The molecule has 7 amide bonds. The molecule has 0 aromatic carbocycles. The summed E-state index contributed by atoms with van der Waals surface area (Å²) in [4.78, 5) is 169. The number of carbonyl (C=O) groups excluding carboxylic acids is 12. The number of hydrogen-bond acceptors (Lipinski definition) is 30. The number of esters is 4. The Morgan fingerprint density at radius 3 is 1.13 bits per heavy atom. The third kappa shape index (κ3) is 39.1. The van der Waals surface area contributed by atoms with Crippen molar-refractivity contribution in [2.24, 2.45) is 16.2 Å². The van der Waals surface area contributed by atoms with Crippen LogP contribution in [0, 0.1) is 16.2 Å². The minimum Gasteiger partial charge on any atom is -1.00 e. The van der Waals surface area contributed by atoms with Crippen molar-refractivity contribution in [1.29, 1.82) is 0 Å². The standard InChI is InChI=1S/C17H22BrN3O4.C13H21NO5.2C12H19NO5.C12H17NO5.C11H17NO4.C5H5BrN2.CH2I2.5CH4.B.Na.H/c1-16(2,3)25-15(24)21-10(7-17(9-22)8-11(17)21)14(23)20-13-6-4-5-12(18)19-13;1-12(2,3)19-11(17)14-8(10(16)18-4)5-13(7-15)6-9(13)14;1-11(2,3)18-10(17)13-7(9(15)16)4-12(6-14)5-8(12)13;2*1-12(2,3)18-11(16)13-6-8(7-14)5-9(13)10(15)17-4;1-11(2,3)16-10(14)12-7-5-6-8(12)9(13)15-4;6-4-2-1-3-5(7)8-4;2-1-3;;;;;;;;/h4-6,10-11,22H,7-9H2,1-3H3,(H,19,20,23);8-9,15H,5-7H2,1-4H3;7-8,14H,4-6H2,1-3H3,(H,15,16);6,9,14H,5,7H2,1-4H3;6-7,9H,5H2,1-4H3;5,7-8H,6H2,1-4H3;1-3H,(H2,7,8);1H2;5*1H4;;;/q;;;;;;;;;;;;;;+1;-1/t10-,11?,17?;8-,9?,13?;7-,8?,12?;2*9-;8-;;;;;;;;;;/m000000........../s1. The number of nitrogens with two attached hydrogens (primary N) is 1. The molecule has 3 saturated carbocycles. The van der Waals surface area contributed by atoms with E-state index in [-0.39, 0.29) is 151 Å². The van der Waals surface area contributed by atoms with Gasteiger partial charge in [-0.2, -0.15) is 0 Å². The van der Waals surface area contributed by atoms with Crippen LogP contribution in [-0.2, 0) is 80.9 Å². The first-order valence-corrected chi connectivity index (χ1v) is 44.4. The van der Waals surface area contributed by atoms with Crippen molar-refractivity contribution in [3.05, 3.63) is 81.4 Å². The van der Waals surface area contributed by atoms with Crippen LogP contribution in [0.2, 0.25) is 0 Å². The van der Waals surface area contributed by atoms with Crippen LogP contribution >= 0.6 is 77.0 Å². The number of amides is 7. The van der Waals surface area contributed by atoms with Crippen LogP contribution in [0.15, 0.2) is 81.4 Å². The minimum absolute atomic E-state index is 0. The first kappa shape index (κ1) is 131. The summed E-state index contributed by atoms with van der Waals surface area (Å²) < 4.78 is 52.7. The van der Waals surface area contributed by atoms with Crippen LogP contribution in [0.4, 0.5) is 40.4 Å². The van der Waals surface area contributed by atoms with Gasteiger partial charge in [-0.25, -0.2) is 62.7 Å². The Morgan fingerprint density at radius 1 is 0.477 bits per heavy atom. The molecule has 2 aromatic rings.